The number of aromatic nitrogens is 3. The Labute approximate surface area is 161 Å². The second-order valence-electron chi connectivity index (χ2n) is 7.91. The van der Waals surface area contributed by atoms with E-state index in [0.29, 0.717) is 23.9 Å². The number of benzene rings is 1. The Morgan fingerprint density at radius 3 is 2.89 bits per heavy atom. The minimum atomic E-state index is -0.390. The van der Waals surface area contributed by atoms with Gasteiger partial charge in [-0.05, 0) is 24.5 Å². The van der Waals surface area contributed by atoms with Gasteiger partial charge in [0.1, 0.15) is 5.82 Å². The first kappa shape index (κ1) is 17.1. The van der Waals surface area contributed by atoms with Crippen LogP contribution in [0.2, 0.25) is 0 Å². The molecule has 144 valence electrons. The van der Waals surface area contributed by atoms with Crippen LogP contribution >= 0.6 is 0 Å². The molecule has 1 aromatic carbocycles. The number of imidazole rings is 1. The van der Waals surface area contributed by atoms with Crippen LogP contribution in [0.5, 0.6) is 0 Å². The number of nitro benzene ring substituents is 1. The summed E-state index contributed by atoms with van der Waals surface area (Å²) in [4.78, 5) is 29.9. The second-order valence-corrected chi connectivity index (χ2v) is 7.91. The summed E-state index contributed by atoms with van der Waals surface area (Å²) in [5.41, 5.74) is 2.84. The number of pyridine rings is 1. The third-order valence-corrected chi connectivity index (χ3v) is 6.09. The van der Waals surface area contributed by atoms with E-state index in [1.54, 1.807) is 12.1 Å². The first-order valence-electron chi connectivity index (χ1n) is 9.51. The molecule has 8 nitrogen and oxygen atoms in total. The highest BCUT2D eigenvalue weighted by Crippen LogP contribution is 2.35. The first-order valence-corrected chi connectivity index (χ1v) is 9.51. The number of rotatable bonds is 3. The smallest absolute Gasteiger partial charge is 0.271 e. The largest absolute Gasteiger partial charge is 0.330 e. The highest BCUT2D eigenvalue weighted by molar-refractivity contribution is 5.78. The van der Waals surface area contributed by atoms with Crippen molar-refractivity contribution in [2.75, 3.05) is 13.1 Å². The Hall–Kier alpha value is -3.00. The third-order valence-electron chi connectivity index (χ3n) is 6.09. The highest BCUT2D eigenvalue weighted by atomic mass is 16.6. The lowest BCUT2D eigenvalue weighted by atomic mass is 9.83. The molecule has 5 rings (SSSR count). The zero-order chi connectivity index (χ0) is 19.4. The van der Waals surface area contributed by atoms with Crippen LogP contribution in [0.4, 0.5) is 5.69 Å². The van der Waals surface area contributed by atoms with Gasteiger partial charge in [0.15, 0.2) is 0 Å². The summed E-state index contributed by atoms with van der Waals surface area (Å²) in [7, 11) is 1.95. The van der Waals surface area contributed by atoms with Gasteiger partial charge in [0.25, 0.3) is 11.2 Å². The summed E-state index contributed by atoms with van der Waals surface area (Å²) >= 11 is 0. The normalized spacial score (nSPS) is 21.6. The number of non-ortho nitro benzene ring substituents is 1. The summed E-state index contributed by atoms with van der Waals surface area (Å²) in [5, 5.41) is 11.0. The zero-order valence-corrected chi connectivity index (χ0v) is 15.6. The summed E-state index contributed by atoms with van der Waals surface area (Å²) < 4.78 is 3.95. The molecule has 0 saturated carbocycles. The molecule has 1 fully saturated rings. The summed E-state index contributed by atoms with van der Waals surface area (Å²) in [6.07, 6.45) is 1.12. The molecule has 8 heteroatoms. The number of nitro groups is 1. The topological polar surface area (TPSA) is 86.2 Å². The van der Waals surface area contributed by atoms with Gasteiger partial charge >= 0.3 is 0 Å². The Morgan fingerprint density at radius 1 is 1.21 bits per heavy atom. The molecule has 2 aliphatic rings. The van der Waals surface area contributed by atoms with Crippen LogP contribution in [0.25, 0.3) is 11.0 Å². The van der Waals surface area contributed by atoms with Crippen LogP contribution in [0, 0.1) is 16.0 Å². The van der Waals surface area contributed by atoms with Crippen molar-refractivity contribution in [2.24, 2.45) is 13.0 Å². The van der Waals surface area contributed by atoms with E-state index in [1.165, 1.54) is 12.1 Å². The van der Waals surface area contributed by atoms with E-state index in [2.05, 4.69) is 16.0 Å². The first-order chi connectivity index (χ1) is 13.5. The Bertz CT molecular complexity index is 1150. The molecule has 0 unspecified atom stereocenters. The van der Waals surface area contributed by atoms with Crippen molar-refractivity contribution in [1.82, 2.24) is 19.0 Å². The molecule has 0 radical (unpaired) electrons. The number of piperidine rings is 1. The van der Waals surface area contributed by atoms with Gasteiger partial charge in [0.2, 0.25) is 0 Å². The fourth-order valence-corrected chi connectivity index (χ4v) is 4.82. The Kier molecular flexibility index (Phi) is 3.83. The maximum Gasteiger partial charge on any atom is 0.271 e. The van der Waals surface area contributed by atoms with E-state index < -0.39 is 0 Å². The number of hydrogen-bond donors (Lipinski definition) is 0. The van der Waals surface area contributed by atoms with Crippen LogP contribution in [-0.4, -0.2) is 37.0 Å². The van der Waals surface area contributed by atoms with Crippen molar-refractivity contribution >= 4 is 16.7 Å². The average molecular weight is 379 g/mol. The van der Waals surface area contributed by atoms with E-state index in [-0.39, 0.29) is 16.2 Å². The Morgan fingerprint density at radius 2 is 2.07 bits per heavy atom. The quantitative estimate of drug-likeness (QED) is 0.515. The zero-order valence-electron chi connectivity index (χ0n) is 15.6. The molecule has 0 N–H and O–H groups in total. The molecule has 2 atom stereocenters. The molecule has 2 aliphatic heterocycles. The standard InChI is InChI=1S/C20H21N5O3/c1-22-18-6-5-15(25(27)28)8-16(18)21-19(22)12-23-9-13-7-14(11-23)17-3-2-4-20(26)24(17)10-13/h2-6,8,13-14H,7,9-12H2,1H3/t13-,14-/m0/s1. The minimum Gasteiger partial charge on any atom is -0.330 e. The number of aryl methyl sites for hydroxylation is 1. The molecule has 3 aromatic rings. The van der Waals surface area contributed by atoms with Crippen molar-refractivity contribution in [1.29, 1.82) is 0 Å². The fourth-order valence-electron chi connectivity index (χ4n) is 4.82. The van der Waals surface area contributed by atoms with Crippen LogP contribution in [-0.2, 0) is 20.1 Å². The molecule has 0 spiro atoms. The van der Waals surface area contributed by atoms with Crippen LogP contribution in [0.1, 0.15) is 23.9 Å². The fraction of sp³-hybridized carbons (Fsp3) is 0.400. The van der Waals surface area contributed by atoms with E-state index in [9.17, 15) is 14.9 Å². The van der Waals surface area contributed by atoms with Gasteiger partial charge in [0, 0.05) is 56.5 Å². The van der Waals surface area contributed by atoms with Crippen molar-refractivity contribution in [2.45, 2.75) is 25.4 Å². The number of hydrogen-bond acceptors (Lipinski definition) is 5. The SMILES string of the molecule is Cn1c(CN2C[C@@H]3C[C@@H](C2)c2cccc(=O)n2C3)nc2cc([N+](=O)[O-])ccc21. The van der Waals surface area contributed by atoms with E-state index in [1.807, 2.05) is 22.2 Å². The molecular weight excluding hydrogens is 358 g/mol. The summed E-state index contributed by atoms with van der Waals surface area (Å²) in [5.74, 6) is 1.72. The molecule has 4 heterocycles. The lowest BCUT2D eigenvalue weighted by Gasteiger charge is -2.42. The molecule has 0 amide bonds. The minimum absolute atomic E-state index is 0.0618. The average Bonchev–Trinajstić information content (AvgIpc) is 2.97. The van der Waals surface area contributed by atoms with Crippen molar-refractivity contribution in [3.05, 3.63) is 68.4 Å². The molecule has 0 aliphatic carbocycles. The maximum absolute atomic E-state index is 12.2. The second kappa shape index (κ2) is 6.27. The number of nitrogens with zero attached hydrogens (tertiary/aromatic N) is 5. The van der Waals surface area contributed by atoms with E-state index in [4.69, 9.17) is 0 Å². The monoisotopic (exact) mass is 379 g/mol. The van der Waals surface area contributed by atoms with Gasteiger partial charge in [0.05, 0.1) is 22.5 Å². The van der Waals surface area contributed by atoms with Crippen LogP contribution < -0.4 is 5.56 Å². The van der Waals surface area contributed by atoms with Crippen LogP contribution in [0.15, 0.2) is 41.2 Å². The van der Waals surface area contributed by atoms with Crippen molar-refractivity contribution in [3.8, 4) is 0 Å². The van der Waals surface area contributed by atoms with Gasteiger partial charge in [-0.2, -0.15) is 0 Å². The van der Waals surface area contributed by atoms with E-state index >= 15 is 0 Å². The van der Waals surface area contributed by atoms with Gasteiger partial charge < -0.3 is 9.13 Å². The third kappa shape index (κ3) is 2.72. The molecular formula is C20H21N5O3. The van der Waals surface area contributed by atoms with Gasteiger partial charge in [-0.25, -0.2) is 4.98 Å². The van der Waals surface area contributed by atoms with Gasteiger partial charge in [-0.1, -0.05) is 6.07 Å². The van der Waals surface area contributed by atoms with Crippen LogP contribution in [0.3, 0.4) is 0 Å². The predicted molar refractivity (Wildman–Crippen MR) is 104 cm³/mol. The molecule has 1 saturated heterocycles. The molecule has 2 bridgehead atoms. The number of fused-ring (bicyclic) bond motifs is 5. The van der Waals surface area contributed by atoms with E-state index in [0.717, 1.165) is 43.1 Å². The van der Waals surface area contributed by atoms with Gasteiger partial charge in [-0.3, -0.25) is 19.8 Å². The van der Waals surface area contributed by atoms with Gasteiger partial charge in [-0.15, -0.1) is 0 Å². The summed E-state index contributed by atoms with van der Waals surface area (Å²) in [6.45, 7) is 3.30. The van der Waals surface area contributed by atoms with Crippen molar-refractivity contribution < 1.29 is 4.92 Å². The summed E-state index contributed by atoms with van der Waals surface area (Å²) in [6, 6.07) is 10.4. The van der Waals surface area contributed by atoms with Crippen molar-refractivity contribution in [3.63, 3.8) is 0 Å². The Balaban J connectivity index is 1.42. The maximum atomic E-state index is 12.2. The highest BCUT2D eigenvalue weighted by Gasteiger charge is 2.34. The molecule has 2 aromatic heterocycles. The number of likely N-dealkylation sites (tertiary alicyclic amines) is 1. The molecule has 28 heavy (non-hydrogen) atoms. The predicted octanol–water partition coefficient (Wildman–Crippen LogP) is 2.26. The lowest BCUT2D eigenvalue weighted by Crippen LogP contribution is -2.46. The lowest BCUT2D eigenvalue weighted by molar-refractivity contribution is -0.384.